The Morgan fingerprint density at radius 3 is 3.00 bits per heavy atom. The van der Waals surface area contributed by atoms with Crippen molar-refractivity contribution in [3.05, 3.63) is 30.2 Å². The zero-order valence-corrected chi connectivity index (χ0v) is 10.3. The number of hydrogen-bond donors (Lipinski definition) is 3. The van der Waals surface area contributed by atoms with Gasteiger partial charge in [-0.2, -0.15) is 0 Å². The highest BCUT2D eigenvalue weighted by atomic mass is 16.3. The molecule has 2 rings (SSSR count). The molecule has 0 saturated carbocycles. The van der Waals surface area contributed by atoms with Gasteiger partial charge in [0.1, 0.15) is 11.4 Å². The molecule has 0 saturated heterocycles. The predicted molar refractivity (Wildman–Crippen MR) is 68.2 cm³/mol. The SMILES string of the molecule is C[C@@H](O)CNC(=O)c1cc(-c2ccco2)nc(N)n1. The zero-order chi connectivity index (χ0) is 13.8. The summed E-state index contributed by atoms with van der Waals surface area (Å²) in [6.45, 7) is 1.71. The van der Waals surface area contributed by atoms with Crippen molar-refractivity contribution in [1.29, 1.82) is 0 Å². The molecule has 7 nitrogen and oxygen atoms in total. The second-order valence-corrected chi connectivity index (χ2v) is 4.03. The van der Waals surface area contributed by atoms with E-state index < -0.39 is 12.0 Å². The Morgan fingerprint density at radius 2 is 2.37 bits per heavy atom. The quantitative estimate of drug-likeness (QED) is 0.736. The van der Waals surface area contributed by atoms with Crippen molar-refractivity contribution < 1.29 is 14.3 Å². The maximum absolute atomic E-state index is 11.8. The Morgan fingerprint density at radius 1 is 1.58 bits per heavy atom. The number of aliphatic hydroxyl groups is 1. The summed E-state index contributed by atoms with van der Waals surface area (Å²) < 4.78 is 5.19. The van der Waals surface area contributed by atoms with Crippen LogP contribution in [-0.2, 0) is 0 Å². The average Bonchev–Trinajstić information content (AvgIpc) is 2.89. The van der Waals surface area contributed by atoms with Crippen molar-refractivity contribution >= 4 is 11.9 Å². The van der Waals surface area contributed by atoms with Crippen molar-refractivity contribution in [1.82, 2.24) is 15.3 Å². The van der Waals surface area contributed by atoms with Crippen molar-refractivity contribution in [3.63, 3.8) is 0 Å². The third-order valence-electron chi connectivity index (χ3n) is 2.31. The monoisotopic (exact) mass is 262 g/mol. The van der Waals surface area contributed by atoms with Crippen LogP contribution in [0, 0.1) is 0 Å². The molecule has 19 heavy (non-hydrogen) atoms. The van der Waals surface area contributed by atoms with Gasteiger partial charge < -0.3 is 20.6 Å². The van der Waals surface area contributed by atoms with E-state index in [9.17, 15) is 4.79 Å². The van der Waals surface area contributed by atoms with Gasteiger partial charge in [-0.25, -0.2) is 9.97 Å². The van der Waals surface area contributed by atoms with E-state index in [0.29, 0.717) is 11.5 Å². The molecule has 0 spiro atoms. The van der Waals surface area contributed by atoms with E-state index in [1.807, 2.05) is 0 Å². The topological polar surface area (TPSA) is 114 Å². The van der Waals surface area contributed by atoms with E-state index in [2.05, 4.69) is 15.3 Å². The van der Waals surface area contributed by atoms with Crippen molar-refractivity contribution in [2.45, 2.75) is 13.0 Å². The number of aliphatic hydroxyl groups excluding tert-OH is 1. The Bertz CT molecular complexity index is 566. The molecule has 4 N–H and O–H groups in total. The van der Waals surface area contributed by atoms with Gasteiger partial charge in [-0.05, 0) is 25.1 Å². The van der Waals surface area contributed by atoms with Crippen LogP contribution in [0.1, 0.15) is 17.4 Å². The van der Waals surface area contributed by atoms with Gasteiger partial charge in [-0.15, -0.1) is 0 Å². The Labute approximate surface area is 109 Å². The molecule has 0 bridgehead atoms. The van der Waals surface area contributed by atoms with Gasteiger partial charge in [-0.1, -0.05) is 0 Å². The largest absolute Gasteiger partial charge is 0.463 e. The van der Waals surface area contributed by atoms with Crippen LogP contribution in [0.5, 0.6) is 0 Å². The van der Waals surface area contributed by atoms with Crippen molar-refractivity contribution in [3.8, 4) is 11.5 Å². The van der Waals surface area contributed by atoms with Crippen LogP contribution < -0.4 is 11.1 Å². The normalized spacial score (nSPS) is 12.1. The highest BCUT2D eigenvalue weighted by molar-refractivity contribution is 5.93. The molecule has 100 valence electrons. The number of carbonyl (C=O) groups excluding carboxylic acids is 1. The molecule has 2 aromatic rings. The van der Waals surface area contributed by atoms with Gasteiger partial charge in [0.15, 0.2) is 5.76 Å². The lowest BCUT2D eigenvalue weighted by Gasteiger charge is -2.07. The number of nitrogens with two attached hydrogens (primary N) is 1. The summed E-state index contributed by atoms with van der Waals surface area (Å²) in [5, 5.41) is 11.7. The molecule has 0 unspecified atom stereocenters. The summed E-state index contributed by atoms with van der Waals surface area (Å²) in [6.07, 6.45) is 0.869. The third kappa shape index (κ3) is 3.29. The second kappa shape index (κ2) is 5.49. The van der Waals surface area contributed by atoms with Gasteiger partial charge >= 0.3 is 0 Å². The molecular formula is C12H14N4O3. The smallest absolute Gasteiger partial charge is 0.270 e. The van der Waals surface area contributed by atoms with Crippen molar-refractivity contribution in [2.75, 3.05) is 12.3 Å². The molecular weight excluding hydrogens is 248 g/mol. The molecule has 2 aromatic heterocycles. The van der Waals surface area contributed by atoms with Gasteiger partial charge in [0, 0.05) is 6.54 Å². The number of aromatic nitrogens is 2. The van der Waals surface area contributed by atoms with Gasteiger partial charge in [0.05, 0.1) is 12.4 Å². The highest BCUT2D eigenvalue weighted by Crippen LogP contribution is 2.18. The fraction of sp³-hybridized carbons (Fsp3) is 0.250. The van der Waals surface area contributed by atoms with Crippen LogP contribution >= 0.6 is 0 Å². The van der Waals surface area contributed by atoms with E-state index >= 15 is 0 Å². The molecule has 0 aliphatic rings. The lowest BCUT2D eigenvalue weighted by atomic mass is 10.2. The lowest BCUT2D eigenvalue weighted by molar-refractivity contribution is 0.0919. The highest BCUT2D eigenvalue weighted by Gasteiger charge is 2.13. The number of nitrogen functional groups attached to an aromatic ring is 1. The third-order valence-corrected chi connectivity index (χ3v) is 2.31. The molecule has 0 aromatic carbocycles. The van der Waals surface area contributed by atoms with Crippen LogP contribution in [0.3, 0.4) is 0 Å². The summed E-state index contributed by atoms with van der Waals surface area (Å²) in [4.78, 5) is 19.7. The molecule has 1 amide bonds. The van der Waals surface area contributed by atoms with E-state index in [-0.39, 0.29) is 18.2 Å². The Balaban J connectivity index is 2.24. The molecule has 7 heteroatoms. The van der Waals surface area contributed by atoms with Crippen LogP contribution in [0.15, 0.2) is 28.9 Å². The van der Waals surface area contributed by atoms with Crippen LogP contribution in [0.25, 0.3) is 11.5 Å². The fourth-order valence-corrected chi connectivity index (χ4v) is 1.46. The number of nitrogens with zero attached hydrogens (tertiary/aromatic N) is 2. The summed E-state index contributed by atoms with van der Waals surface area (Å²) in [6, 6.07) is 4.90. The summed E-state index contributed by atoms with van der Waals surface area (Å²) in [5.74, 6) is 0.0533. The van der Waals surface area contributed by atoms with E-state index in [1.165, 1.54) is 12.3 Å². The molecule has 2 heterocycles. The van der Waals surface area contributed by atoms with Gasteiger partial charge in [0.2, 0.25) is 5.95 Å². The summed E-state index contributed by atoms with van der Waals surface area (Å²) in [7, 11) is 0. The average molecular weight is 262 g/mol. The fourth-order valence-electron chi connectivity index (χ4n) is 1.46. The second-order valence-electron chi connectivity index (χ2n) is 4.03. The molecule has 0 aliphatic carbocycles. The summed E-state index contributed by atoms with van der Waals surface area (Å²) >= 11 is 0. The number of hydrogen-bond acceptors (Lipinski definition) is 6. The maximum Gasteiger partial charge on any atom is 0.270 e. The van der Waals surface area contributed by atoms with E-state index in [0.717, 1.165) is 0 Å². The number of carbonyl (C=O) groups is 1. The maximum atomic E-state index is 11.8. The van der Waals surface area contributed by atoms with Crippen molar-refractivity contribution in [2.24, 2.45) is 0 Å². The summed E-state index contributed by atoms with van der Waals surface area (Å²) in [5.41, 5.74) is 6.12. The molecule has 0 fully saturated rings. The minimum Gasteiger partial charge on any atom is -0.463 e. The van der Waals surface area contributed by atoms with Crippen LogP contribution in [-0.4, -0.2) is 33.6 Å². The number of anilines is 1. The number of nitrogens with one attached hydrogen (secondary N) is 1. The van der Waals surface area contributed by atoms with E-state index in [4.69, 9.17) is 15.3 Å². The van der Waals surface area contributed by atoms with E-state index in [1.54, 1.807) is 19.1 Å². The Hall–Kier alpha value is -2.41. The standard InChI is InChI=1S/C12H14N4O3/c1-7(17)6-14-11(18)9-5-8(15-12(13)16-9)10-3-2-4-19-10/h2-5,7,17H,6H2,1H3,(H,14,18)(H2,13,15,16)/t7-/m1/s1. The number of rotatable bonds is 4. The van der Waals surface area contributed by atoms with Gasteiger partial charge in [0.25, 0.3) is 5.91 Å². The molecule has 0 radical (unpaired) electrons. The zero-order valence-electron chi connectivity index (χ0n) is 10.3. The minimum absolute atomic E-state index is 0.0175. The minimum atomic E-state index is -0.632. The first-order chi connectivity index (χ1) is 9.06. The first-order valence-electron chi connectivity index (χ1n) is 5.71. The van der Waals surface area contributed by atoms with Gasteiger partial charge in [-0.3, -0.25) is 4.79 Å². The van der Waals surface area contributed by atoms with Crippen LogP contribution in [0.2, 0.25) is 0 Å². The lowest BCUT2D eigenvalue weighted by Crippen LogP contribution is -2.31. The number of furan rings is 1. The first kappa shape index (κ1) is 13.0. The number of amides is 1. The first-order valence-corrected chi connectivity index (χ1v) is 5.71. The molecule has 0 aliphatic heterocycles. The van der Waals surface area contributed by atoms with Crippen LogP contribution in [0.4, 0.5) is 5.95 Å². The Kier molecular flexibility index (Phi) is 3.76. The predicted octanol–water partition coefficient (Wildman–Crippen LogP) is 0.429. The molecule has 1 atom stereocenters.